The van der Waals surface area contributed by atoms with Crippen molar-refractivity contribution in [1.29, 1.82) is 5.26 Å². The standard InChI is InChI=1S/C14H14F3NO3/c1-3-20-12(19)13(2,9-18)8-10-4-6-11(7-5-10)21-14(15,16)17/h4-7H,3,8H2,1-2H3. The van der Waals surface area contributed by atoms with Crippen molar-refractivity contribution in [3.05, 3.63) is 29.8 Å². The highest BCUT2D eigenvalue weighted by Gasteiger charge is 2.35. The SMILES string of the molecule is CCOC(=O)C(C)(C#N)Cc1ccc(OC(F)(F)F)cc1. The predicted molar refractivity (Wildman–Crippen MR) is 67.2 cm³/mol. The summed E-state index contributed by atoms with van der Waals surface area (Å²) in [7, 11) is 0. The maximum Gasteiger partial charge on any atom is 0.573 e. The third kappa shape index (κ3) is 4.99. The van der Waals surface area contributed by atoms with Crippen LogP contribution < -0.4 is 4.74 Å². The fourth-order valence-electron chi connectivity index (χ4n) is 1.66. The molecule has 0 radical (unpaired) electrons. The molecule has 0 spiro atoms. The Labute approximate surface area is 120 Å². The molecule has 0 heterocycles. The number of esters is 1. The molecule has 1 rings (SSSR count). The molecular weight excluding hydrogens is 287 g/mol. The fourth-order valence-corrected chi connectivity index (χ4v) is 1.66. The maximum atomic E-state index is 12.0. The molecule has 0 aliphatic rings. The first-order valence-electron chi connectivity index (χ1n) is 6.13. The van der Waals surface area contributed by atoms with Gasteiger partial charge in [-0.1, -0.05) is 12.1 Å². The molecule has 0 N–H and O–H groups in total. The van der Waals surface area contributed by atoms with Crippen LogP contribution in [0.15, 0.2) is 24.3 Å². The molecule has 0 fully saturated rings. The largest absolute Gasteiger partial charge is 0.573 e. The van der Waals surface area contributed by atoms with Gasteiger partial charge < -0.3 is 9.47 Å². The smallest absolute Gasteiger partial charge is 0.465 e. The second-order valence-electron chi connectivity index (χ2n) is 4.53. The van der Waals surface area contributed by atoms with E-state index in [-0.39, 0.29) is 18.8 Å². The summed E-state index contributed by atoms with van der Waals surface area (Å²) in [5.41, 5.74) is -0.857. The molecule has 0 aliphatic heterocycles. The number of nitriles is 1. The zero-order valence-corrected chi connectivity index (χ0v) is 11.5. The van der Waals surface area contributed by atoms with Gasteiger partial charge >= 0.3 is 12.3 Å². The lowest BCUT2D eigenvalue weighted by Crippen LogP contribution is -2.30. The number of nitrogens with zero attached hydrogens (tertiary/aromatic N) is 1. The Kier molecular flexibility index (Phi) is 5.19. The summed E-state index contributed by atoms with van der Waals surface area (Å²) in [5, 5.41) is 9.13. The number of carbonyl (C=O) groups is 1. The van der Waals surface area contributed by atoms with Gasteiger partial charge in [-0.2, -0.15) is 5.26 Å². The van der Waals surface area contributed by atoms with Crippen molar-refractivity contribution in [3.63, 3.8) is 0 Å². The molecule has 114 valence electrons. The molecule has 1 atom stereocenters. The minimum atomic E-state index is -4.76. The molecule has 21 heavy (non-hydrogen) atoms. The summed E-state index contributed by atoms with van der Waals surface area (Å²) in [4.78, 5) is 11.7. The van der Waals surface area contributed by atoms with Gasteiger partial charge in [-0.3, -0.25) is 4.79 Å². The Bertz CT molecular complexity index is 534. The molecule has 0 saturated carbocycles. The Balaban J connectivity index is 2.83. The molecule has 0 aliphatic carbocycles. The van der Waals surface area contributed by atoms with E-state index in [9.17, 15) is 18.0 Å². The molecule has 0 bridgehead atoms. The van der Waals surface area contributed by atoms with E-state index in [0.717, 1.165) is 12.1 Å². The van der Waals surface area contributed by atoms with Crippen LogP contribution in [-0.4, -0.2) is 18.9 Å². The average Bonchev–Trinajstić information content (AvgIpc) is 2.39. The van der Waals surface area contributed by atoms with E-state index in [0.29, 0.717) is 5.56 Å². The van der Waals surface area contributed by atoms with Crippen molar-refractivity contribution in [3.8, 4) is 11.8 Å². The lowest BCUT2D eigenvalue weighted by atomic mass is 9.85. The highest BCUT2D eigenvalue weighted by Crippen LogP contribution is 2.27. The van der Waals surface area contributed by atoms with Crippen molar-refractivity contribution in [2.75, 3.05) is 6.61 Å². The maximum absolute atomic E-state index is 12.0. The third-order valence-corrected chi connectivity index (χ3v) is 2.69. The second-order valence-corrected chi connectivity index (χ2v) is 4.53. The van der Waals surface area contributed by atoms with Crippen LogP contribution in [0.1, 0.15) is 19.4 Å². The van der Waals surface area contributed by atoms with Gasteiger partial charge in [-0.25, -0.2) is 0 Å². The van der Waals surface area contributed by atoms with Gasteiger partial charge in [0, 0.05) is 6.42 Å². The van der Waals surface area contributed by atoms with Crippen LogP contribution in [-0.2, 0) is 16.0 Å². The first kappa shape index (κ1) is 16.8. The van der Waals surface area contributed by atoms with Crippen LogP contribution in [0.2, 0.25) is 0 Å². The molecule has 0 amide bonds. The minimum absolute atomic E-state index is 0.0363. The number of alkyl halides is 3. The van der Waals surface area contributed by atoms with E-state index in [1.807, 2.05) is 6.07 Å². The molecule has 7 heteroatoms. The number of ether oxygens (including phenoxy) is 2. The van der Waals surface area contributed by atoms with Crippen molar-refractivity contribution in [2.45, 2.75) is 26.6 Å². The monoisotopic (exact) mass is 301 g/mol. The number of benzene rings is 1. The summed E-state index contributed by atoms with van der Waals surface area (Å²) in [6, 6.07) is 6.88. The Morgan fingerprint density at radius 1 is 1.29 bits per heavy atom. The van der Waals surface area contributed by atoms with Crippen molar-refractivity contribution >= 4 is 5.97 Å². The highest BCUT2D eigenvalue weighted by atomic mass is 19.4. The van der Waals surface area contributed by atoms with Gasteiger partial charge in [0.2, 0.25) is 0 Å². The Morgan fingerprint density at radius 2 is 1.86 bits per heavy atom. The van der Waals surface area contributed by atoms with Crippen LogP contribution in [0.5, 0.6) is 5.75 Å². The number of carbonyl (C=O) groups excluding carboxylic acids is 1. The fraction of sp³-hybridized carbons (Fsp3) is 0.429. The average molecular weight is 301 g/mol. The van der Waals surface area contributed by atoms with Gasteiger partial charge in [0.1, 0.15) is 5.75 Å². The van der Waals surface area contributed by atoms with Crippen LogP contribution in [0, 0.1) is 16.7 Å². The van der Waals surface area contributed by atoms with E-state index in [4.69, 9.17) is 10.00 Å². The van der Waals surface area contributed by atoms with Gasteiger partial charge in [0.25, 0.3) is 0 Å². The van der Waals surface area contributed by atoms with Crippen LogP contribution >= 0.6 is 0 Å². The first-order valence-corrected chi connectivity index (χ1v) is 6.13. The van der Waals surface area contributed by atoms with E-state index in [2.05, 4.69) is 4.74 Å². The van der Waals surface area contributed by atoms with Gasteiger partial charge in [0.05, 0.1) is 12.7 Å². The summed E-state index contributed by atoms with van der Waals surface area (Å²) in [5.74, 6) is -1.02. The Morgan fingerprint density at radius 3 is 2.29 bits per heavy atom. The lowest BCUT2D eigenvalue weighted by molar-refractivity contribution is -0.274. The number of hydrogen-bond donors (Lipinski definition) is 0. The number of hydrogen-bond acceptors (Lipinski definition) is 4. The van der Waals surface area contributed by atoms with E-state index < -0.39 is 17.7 Å². The van der Waals surface area contributed by atoms with Crippen LogP contribution in [0.3, 0.4) is 0 Å². The van der Waals surface area contributed by atoms with Crippen molar-refractivity contribution in [1.82, 2.24) is 0 Å². The van der Waals surface area contributed by atoms with Crippen molar-refractivity contribution in [2.24, 2.45) is 5.41 Å². The number of rotatable bonds is 5. The zero-order valence-electron chi connectivity index (χ0n) is 11.5. The second kappa shape index (κ2) is 6.48. The summed E-state index contributed by atoms with van der Waals surface area (Å²) >= 11 is 0. The molecule has 1 aromatic rings. The summed E-state index contributed by atoms with van der Waals surface area (Å²) in [6.07, 6.45) is -4.72. The molecule has 0 saturated heterocycles. The quantitative estimate of drug-likeness (QED) is 0.783. The Hall–Kier alpha value is -2.23. The summed E-state index contributed by atoms with van der Waals surface area (Å²) < 4.78 is 44.7. The van der Waals surface area contributed by atoms with Crippen LogP contribution in [0.4, 0.5) is 13.2 Å². The first-order chi connectivity index (χ1) is 9.70. The van der Waals surface area contributed by atoms with Gasteiger partial charge in [0.15, 0.2) is 5.41 Å². The topological polar surface area (TPSA) is 59.3 Å². The normalized spacial score (nSPS) is 13.9. The van der Waals surface area contributed by atoms with E-state index >= 15 is 0 Å². The molecule has 0 aromatic heterocycles. The molecule has 4 nitrogen and oxygen atoms in total. The van der Waals surface area contributed by atoms with Crippen molar-refractivity contribution < 1.29 is 27.4 Å². The van der Waals surface area contributed by atoms with E-state index in [1.165, 1.54) is 19.1 Å². The minimum Gasteiger partial charge on any atom is -0.465 e. The zero-order chi connectivity index (χ0) is 16.1. The molecular formula is C14H14F3NO3. The van der Waals surface area contributed by atoms with Gasteiger partial charge in [-0.05, 0) is 31.5 Å². The van der Waals surface area contributed by atoms with Crippen LogP contribution in [0.25, 0.3) is 0 Å². The molecule has 1 unspecified atom stereocenters. The van der Waals surface area contributed by atoms with Gasteiger partial charge in [-0.15, -0.1) is 13.2 Å². The lowest BCUT2D eigenvalue weighted by Gasteiger charge is -2.19. The van der Waals surface area contributed by atoms with E-state index in [1.54, 1.807) is 6.92 Å². The highest BCUT2D eigenvalue weighted by molar-refractivity contribution is 5.80. The summed E-state index contributed by atoms with van der Waals surface area (Å²) in [6.45, 7) is 3.19. The number of halogens is 3. The predicted octanol–water partition coefficient (Wildman–Crippen LogP) is 3.22. The third-order valence-electron chi connectivity index (χ3n) is 2.69. The molecule has 1 aromatic carbocycles.